The van der Waals surface area contributed by atoms with Crippen LogP contribution in [0.5, 0.6) is 0 Å². The van der Waals surface area contributed by atoms with E-state index < -0.39 is 17.8 Å². The van der Waals surface area contributed by atoms with Crippen molar-refractivity contribution in [1.29, 1.82) is 0 Å². The fraction of sp³-hybridized carbons (Fsp3) is 0.312. The van der Waals surface area contributed by atoms with Gasteiger partial charge < -0.3 is 10.1 Å². The number of aromatic nitrogens is 1. The van der Waals surface area contributed by atoms with E-state index in [1.807, 2.05) is 6.92 Å². The molecule has 1 aliphatic rings. The van der Waals surface area contributed by atoms with Crippen LogP contribution >= 0.6 is 11.5 Å². The summed E-state index contributed by atoms with van der Waals surface area (Å²) in [6.45, 7) is 4.09. The molecule has 8 heteroatoms. The summed E-state index contributed by atoms with van der Waals surface area (Å²) in [7, 11) is 0. The Morgan fingerprint density at radius 1 is 1.50 bits per heavy atom. The van der Waals surface area contributed by atoms with Crippen LogP contribution in [0.1, 0.15) is 29.4 Å². The molecular weight excluding hydrogens is 333 g/mol. The summed E-state index contributed by atoms with van der Waals surface area (Å²) in [4.78, 5) is 25.3. The van der Waals surface area contributed by atoms with E-state index in [2.05, 4.69) is 9.69 Å². The van der Waals surface area contributed by atoms with E-state index in [1.165, 1.54) is 23.1 Å². The number of benzene rings is 1. The van der Waals surface area contributed by atoms with Crippen molar-refractivity contribution in [3.63, 3.8) is 0 Å². The Bertz CT molecular complexity index is 793. The molecule has 6 nitrogen and oxygen atoms in total. The highest BCUT2D eigenvalue weighted by molar-refractivity contribution is 7.10. The van der Waals surface area contributed by atoms with E-state index in [4.69, 9.17) is 4.74 Å². The highest BCUT2D eigenvalue weighted by Gasteiger charge is 2.31. The molecule has 2 amide bonds. The summed E-state index contributed by atoms with van der Waals surface area (Å²) in [5.41, 5.74) is 1.06. The lowest BCUT2D eigenvalue weighted by Crippen LogP contribution is -2.24. The third kappa shape index (κ3) is 3.23. The minimum Gasteiger partial charge on any atom is -0.444 e. The number of carbonyl (C=O) groups is 2. The molecule has 2 heterocycles. The Labute approximate surface area is 142 Å². The molecule has 0 bridgehead atoms. The number of ether oxygens (including phenoxy) is 1. The quantitative estimate of drug-likeness (QED) is 0.916. The summed E-state index contributed by atoms with van der Waals surface area (Å²) in [5, 5.41) is 3.16. The first-order valence-corrected chi connectivity index (χ1v) is 8.27. The molecule has 1 aromatic carbocycles. The fourth-order valence-electron chi connectivity index (χ4n) is 2.40. The average Bonchev–Trinajstić information content (AvgIpc) is 3.12. The number of cyclic esters (lactones) is 1. The lowest BCUT2D eigenvalue weighted by atomic mass is 10.1. The fourth-order valence-corrected chi connectivity index (χ4v) is 3.06. The van der Waals surface area contributed by atoms with Gasteiger partial charge in [-0.25, -0.2) is 9.18 Å². The number of nitrogens with zero attached hydrogens (tertiary/aromatic N) is 2. The Balaban J connectivity index is 1.77. The van der Waals surface area contributed by atoms with Gasteiger partial charge in [-0.3, -0.25) is 9.69 Å². The van der Waals surface area contributed by atoms with E-state index in [0.29, 0.717) is 23.7 Å². The third-order valence-corrected chi connectivity index (χ3v) is 4.50. The van der Waals surface area contributed by atoms with Crippen molar-refractivity contribution >= 4 is 34.2 Å². The number of nitrogens with one attached hydrogen (secondary N) is 1. The van der Waals surface area contributed by atoms with Crippen LogP contribution in [0.3, 0.4) is 0 Å². The Morgan fingerprint density at radius 2 is 2.29 bits per heavy atom. The SMILES string of the molecule is CC[C@H]1CN(c2ccc(C(=O)Nc3cc(C)ns3)c(F)c2)C(=O)O1. The largest absolute Gasteiger partial charge is 0.444 e. The van der Waals surface area contributed by atoms with Crippen molar-refractivity contribution in [2.24, 2.45) is 0 Å². The molecule has 1 fully saturated rings. The summed E-state index contributed by atoms with van der Waals surface area (Å²) >= 11 is 1.13. The molecule has 1 saturated heterocycles. The van der Waals surface area contributed by atoms with Gasteiger partial charge in [0.25, 0.3) is 5.91 Å². The summed E-state index contributed by atoms with van der Waals surface area (Å²) in [5.74, 6) is -1.25. The third-order valence-electron chi connectivity index (χ3n) is 3.70. The molecular formula is C16H16FN3O3S. The summed E-state index contributed by atoms with van der Waals surface area (Å²) < 4.78 is 23.5. The molecule has 0 radical (unpaired) electrons. The molecule has 0 spiro atoms. The number of hydrogen-bond donors (Lipinski definition) is 1. The van der Waals surface area contributed by atoms with E-state index in [0.717, 1.165) is 17.2 Å². The van der Waals surface area contributed by atoms with Crippen molar-refractivity contribution in [2.75, 3.05) is 16.8 Å². The zero-order valence-corrected chi connectivity index (χ0v) is 14.0. The smallest absolute Gasteiger partial charge is 0.414 e. The maximum Gasteiger partial charge on any atom is 0.414 e. The second-order valence-corrected chi connectivity index (χ2v) is 6.28. The van der Waals surface area contributed by atoms with Gasteiger partial charge in [0.2, 0.25) is 0 Å². The number of halogens is 1. The molecule has 3 rings (SSSR count). The second kappa shape index (κ2) is 6.56. The van der Waals surface area contributed by atoms with Gasteiger partial charge in [-0.2, -0.15) is 4.37 Å². The molecule has 1 atom stereocenters. The summed E-state index contributed by atoms with van der Waals surface area (Å²) in [6, 6.07) is 5.78. The van der Waals surface area contributed by atoms with Crippen molar-refractivity contribution < 1.29 is 18.7 Å². The maximum absolute atomic E-state index is 14.3. The number of anilines is 2. The van der Waals surface area contributed by atoms with Crippen LogP contribution in [-0.4, -0.2) is 29.0 Å². The topological polar surface area (TPSA) is 71.5 Å². The predicted octanol–water partition coefficient (Wildman–Crippen LogP) is 3.58. The van der Waals surface area contributed by atoms with Crippen LogP contribution < -0.4 is 10.2 Å². The number of hydrogen-bond acceptors (Lipinski definition) is 5. The maximum atomic E-state index is 14.3. The van der Waals surface area contributed by atoms with E-state index >= 15 is 0 Å². The first-order chi connectivity index (χ1) is 11.5. The summed E-state index contributed by atoms with van der Waals surface area (Å²) in [6.07, 6.45) is -0.00358. The number of amides is 2. The second-order valence-electron chi connectivity index (χ2n) is 5.48. The highest BCUT2D eigenvalue weighted by Crippen LogP contribution is 2.25. The van der Waals surface area contributed by atoms with E-state index in [-0.39, 0.29) is 11.7 Å². The molecule has 2 aromatic rings. The van der Waals surface area contributed by atoms with Crippen LogP contribution in [0.4, 0.5) is 19.9 Å². The van der Waals surface area contributed by atoms with Gasteiger partial charge in [-0.15, -0.1) is 0 Å². The Kier molecular flexibility index (Phi) is 4.48. The van der Waals surface area contributed by atoms with E-state index in [9.17, 15) is 14.0 Å². The lowest BCUT2D eigenvalue weighted by Gasteiger charge is -2.14. The standard InChI is InChI=1S/C16H16FN3O3S/c1-3-11-8-20(16(22)23-11)10-4-5-12(13(17)7-10)15(21)18-14-6-9(2)19-24-14/h4-7,11H,3,8H2,1-2H3,(H,18,21)/t11-/m0/s1. The molecule has 1 N–H and O–H groups in total. The van der Waals surface area contributed by atoms with Crippen LogP contribution in [0.2, 0.25) is 0 Å². The van der Waals surface area contributed by atoms with Gasteiger partial charge in [-0.1, -0.05) is 6.92 Å². The highest BCUT2D eigenvalue weighted by atomic mass is 32.1. The molecule has 126 valence electrons. The first kappa shape index (κ1) is 16.4. The van der Waals surface area contributed by atoms with E-state index in [1.54, 1.807) is 13.0 Å². The molecule has 1 aliphatic heterocycles. The molecule has 0 saturated carbocycles. The lowest BCUT2D eigenvalue weighted by molar-refractivity contribution is 0.102. The van der Waals surface area contributed by atoms with Crippen molar-refractivity contribution in [3.05, 3.63) is 41.3 Å². The van der Waals surface area contributed by atoms with Crippen LogP contribution in [-0.2, 0) is 4.74 Å². The van der Waals surface area contributed by atoms with Crippen LogP contribution in [0, 0.1) is 12.7 Å². The molecule has 0 aliphatic carbocycles. The Hall–Kier alpha value is -2.48. The Morgan fingerprint density at radius 3 is 2.88 bits per heavy atom. The van der Waals surface area contributed by atoms with Gasteiger partial charge in [0.15, 0.2) is 0 Å². The average molecular weight is 349 g/mol. The number of aryl methyl sites for hydroxylation is 1. The monoisotopic (exact) mass is 349 g/mol. The van der Waals surface area contributed by atoms with Gasteiger partial charge in [0.05, 0.1) is 23.5 Å². The zero-order valence-electron chi connectivity index (χ0n) is 13.2. The zero-order chi connectivity index (χ0) is 17.3. The van der Waals surface area contributed by atoms with Crippen LogP contribution in [0.25, 0.3) is 0 Å². The first-order valence-electron chi connectivity index (χ1n) is 7.50. The van der Waals surface area contributed by atoms with Gasteiger partial charge in [0.1, 0.15) is 16.9 Å². The van der Waals surface area contributed by atoms with Gasteiger partial charge in [0, 0.05) is 0 Å². The molecule has 24 heavy (non-hydrogen) atoms. The van der Waals surface area contributed by atoms with Crippen molar-refractivity contribution in [2.45, 2.75) is 26.4 Å². The number of carbonyl (C=O) groups excluding carboxylic acids is 2. The minimum absolute atomic E-state index is 0.0931. The molecule has 1 aromatic heterocycles. The molecule has 0 unspecified atom stereocenters. The van der Waals surface area contributed by atoms with Crippen molar-refractivity contribution in [1.82, 2.24) is 4.37 Å². The predicted molar refractivity (Wildman–Crippen MR) is 89.1 cm³/mol. The number of rotatable bonds is 4. The minimum atomic E-state index is -0.695. The van der Waals surface area contributed by atoms with Gasteiger partial charge in [-0.05, 0) is 49.1 Å². The van der Waals surface area contributed by atoms with Gasteiger partial charge >= 0.3 is 6.09 Å². The van der Waals surface area contributed by atoms with Crippen molar-refractivity contribution in [3.8, 4) is 0 Å². The normalized spacial score (nSPS) is 17.0. The van der Waals surface area contributed by atoms with Crippen LogP contribution in [0.15, 0.2) is 24.3 Å².